The van der Waals surface area contributed by atoms with E-state index in [1.807, 2.05) is 6.07 Å². The van der Waals surface area contributed by atoms with Crippen LogP contribution in [0.3, 0.4) is 0 Å². The molecule has 0 fully saturated rings. The number of anilines is 1. The number of hydrogen-bond donors (Lipinski definition) is 1. The van der Waals surface area contributed by atoms with Crippen LogP contribution in [0, 0.1) is 0 Å². The molecule has 1 amide bonds. The fourth-order valence-electron chi connectivity index (χ4n) is 2.26. The zero-order valence-electron chi connectivity index (χ0n) is 9.94. The summed E-state index contributed by atoms with van der Waals surface area (Å²) in [6.45, 7) is 4.12. The Kier molecular flexibility index (Phi) is 3.37. The molecule has 0 bridgehead atoms. The highest BCUT2D eigenvalue weighted by atomic mass is 35.5. The molecule has 0 atom stereocenters. The first kappa shape index (κ1) is 12.7. The lowest BCUT2D eigenvalue weighted by atomic mass is 9.77. The van der Waals surface area contributed by atoms with Crippen LogP contribution in [-0.4, -0.2) is 11.8 Å². The SMILES string of the molecule is CC1(C)CC(=O)Nc2c(Cl)cc(CCCl)cc21. The Morgan fingerprint density at radius 3 is 2.76 bits per heavy atom. The average Bonchev–Trinajstić information content (AvgIpc) is 2.19. The Bertz CT molecular complexity index is 469. The van der Waals surface area contributed by atoms with Crippen LogP contribution in [0.2, 0.25) is 5.02 Å². The highest BCUT2D eigenvalue weighted by Crippen LogP contribution is 2.41. The number of fused-ring (bicyclic) bond motifs is 1. The average molecular weight is 272 g/mol. The Labute approximate surface area is 111 Å². The van der Waals surface area contributed by atoms with Gasteiger partial charge in [0, 0.05) is 17.7 Å². The first-order valence-corrected chi connectivity index (χ1v) is 6.54. The molecule has 1 N–H and O–H groups in total. The van der Waals surface area contributed by atoms with Gasteiger partial charge in [-0.3, -0.25) is 4.79 Å². The van der Waals surface area contributed by atoms with Crippen molar-refractivity contribution in [2.45, 2.75) is 32.1 Å². The van der Waals surface area contributed by atoms with E-state index in [4.69, 9.17) is 23.2 Å². The molecule has 1 aliphatic rings. The van der Waals surface area contributed by atoms with Crippen LogP contribution in [0.15, 0.2) is 12.1 Å². The molecule has 2 nitrogen and oxygen atoms in total. The molecule has 4 heteroatoms. The van der Waals surface area contributed by atoms with E-state index in [1.54, 1.807) is 0 Å². The number of amides is 1. The van der Waals surface area contributed by atoms with Crippen LogP contribution in [-0.2, 0) is 16.6 Å². The lowest BCUT2D eigenvalue weighted by Crippen LogP contribution is -2.32. The molecule has 1 aromatic carbocycles. The molecule has 2 rings (SSSR count). The summed E-state index contributed by atoms with van der Waals surface area (Å²) >= 11 is 12.0. The van der Waals surface area contributed by atoms with Gasteiger partial charge in [-0.2, -0.15) is 0 Å². The number of halogens is 2. The molecular formula is C13H15Cl2NO. The van der Waals surface area contributed by atoms with Gasteiger partial charge in [0.05, 0.1) is 10.7 Å². The number of carbonyl (C=O) groups is 1. The summed E-state index contributed by atoms with van der Waals surface area (Å²) in [5.41, 5.74) is 2.80. The Balaban J connectivity index is 2.55. The van der Waals surface area contributed by atoms with Crippen molar-refractivity contribution in [2.75, 3.05) is 11.2 Å². The van der Waals surface area contributed by atoms with Gasteiger partial charge >= 0.3 is 0 Å². The zero-order chi connectivity index (χ0) is 12.6. The van der Waals surface area contributed by atoms with Gasteiger partial charge < -0.3 is 5.32 Å². The third-order valence-electron chi connectivity index (χ3n) is 3.13. The maximum atomic E-state index is 11.6. The van der Waals surface area contributed by atoms with Gasteiger partial charge in [0.1, 0.15) is 0 Å². The van der Waals surface area contributed by atoms with Crippen molar-refractivity contribution in [1.82, 2.24) is 0 Å². The summed E-state index contributed by atoms with van der Waals surface area (Å²) in [5, 5.41) is 3.45. The number of hydrogen-bond acceptors (Lipinski definition) is 1. The normalized spacial score (nSPS) is 17.5. The molecule has 0 saturated heterocycles. The van der Waals surface area contributed by atoms with E-state index < -0.39 is 0 Å². The van der Waals surface area contributed by atoms with E-state index >= 15 is 0 Å². The van der Waals surface area contributed by atoms with Gasteiger partial charge in [-0.1, -0.05) is 31.5 Å². The number of alkyl halides is 1. The Hall–Kier alpha value is -0.730. The Morgan fingerprint density at radius 2 is 2.12 bits per heavy atom. The van der Waals surface area contributed by atoms with E-state index in [0.29, 0.717) is 17.3 Å². The second-order valence-electron chi connectivity index (χ2n) is 5.05. The fourth-order valence-corrected chi connectivity index (χ4v) is 2.76. The fraction of sp³-hybridized carbons (Fsp3) is 0.462. The minimum Gasteiger partial charge on any atom is -0.324 e. The molecule has 92 valence electrons. The summed E-state index contributed by atoms with van der Waals surface area (Å²) < 4.78 is 0. The van der Waals surface area contributed by atoms with E-state index in [0.717, 1.165) is 23.2 Å². The van der Waals surface area contributed by atoms with Crippen LogP contribution in [0.5, 0.6) is 0 Å². The summed E-state index contributed by atoms with van der Waals surface area (Å²) in [7, 11) is 0. The molecule has 0 radical (unpaired) electrons. The van der Waals surface area contributed by atoms with Crippen LogP contribution in [0.1, 0.15) is 31.4 Å². The molecule has 0 unspecified atom stereocenters. The standard InChI is InChI=1S/C13H15Cl2NO/c1-13(2)7-11(17)16-12-9(13)5-8(3-4-14)6-10(12)15/h5-6H,3-4,7H2,1-2H3,(H,16,17). The highest BCUT2D eigenvalue weighted by molar-refractivity contribution is 6.34. The summed E-state index contributed by atoms with van der Waals surface area (Å²) in [6, 6.07) is 3.98. The maximum Gasteiger partial charge on any atom is 0.225 e. The van der Waals surface area contributed by atoms with E-state index in [1.165, 1.54) is 0 Å². The van der Waals surface area contributed by atoms with Gasteiger partial charge in [-0.25, -0.2) is 0 Å². The lowest BCUT2D eigenvalue weighted by Gasteiger charge is -2.33. The van der Waals surface area contributed by atoms with Crippen molar-refractivity contribution in [3.63, 3.8) is 0 Å². The summed E-state index contributed by atoms with van der Waals surface area (Å²) in [5.74, 6) is 0.594. The second kappa shape index (κ2) is 4.51. The lowest BCUT2D eigenvalue weighted by molar-refractivity contribution is -0.117. The van der Waals surface area contributed by atoms with Gasteiger partial charge in [0.2, 0.25) is 5.91 Å². The van der Waals surface area contributed by atoms with Crippen LogP contribution in [0.4, 0.5) is 5.69 Å². The zero-order valence-corrected chi connectivity index (χ0v) is 11.5. The molecule has 0 spiro atoms. The van der Waals surface area contributed by atoms with Crippen molar-refractivity contribution in [3.05, 3.63) is 28.3 Å². The Morgan fingerprint density at radius 1 is 1.41 bits per heavy atom. The first-order valence-electron chi connectivity index (χ1n) is 5.63. The number of nitrogens with one attached hydrogen (secondary N) is 1. The van der Waals surface area contributed by atoms with Crippen LogP contribution in [0.25, 0.3) is 0 Å². The quantitative estimate of drug-likeness (QED) is 0.816. The molecule has 1 aliphatic heterocycles. The number of rotatable bonds is 2. The predicted octanol–water partition coefficient (Wildman–Crippen LogP) is 3.74. The number of aryl methyl sites for hydroxylation is 1. The predicted molar refractivity (Wildman–Crippen MR) is 72.1 cm³/mol. The maximum absolute atomic E-state index is 11.6. The summed E-state index contributed by atoms with van der Waals surface area (Å²) in [6.07, 6.45) is 1.28. The monoisotopic (exact) mass is 271 g/mol. The molecule has 0 saturated carbocycles. The van der Waals surface area contributed by atoms with Crippen molar-refractivity contribution >= 4 is 34.8 Å². The van der Waals surface area contributed by atoms with Crippen molar-refractivity contribution in [2.24, 2.45) is 0 Å². The van der Waals surface area contributed by atoms with E-state index in [2.05, 4.69) is 25.2 Å². The minimum atomic E-state index is -0.177. The van der Waals surface area contributed by atoms with E-state index in [-0.39, 0.29) is 11.3 Å². The van der Waals surface area contributed by atoms with Crippen LogP contribution >= 0.6 is 23.2 Å². The third kappa shape index (κ3) is 2.43. The van der Waals surface area contributed by atoms with Crippen LogP contribution < -0.4 is 5.32 Å². The third-order valence-corrected chi connectivity index (χ3v) is 3.62. The first-order chi connectivity index (χ1) is 7.94. The second-order valence-corrected chi connectivity index (χ2v) is 5.83. The van der Waals surface area contributed by atoms with Crippen molar-refractivity contribution in [3.8, 4) is 0 Å². The van der Waals surface area contributed by atoms with Crippen molar-refractivity contribution in [1.29, 1.82) is 0 Å². The van der Waals surface area contributed by atoms with Gasteiger partial charge in [-0.15, -0.1) is 11.6 Å². The van der Waals surface area contributed by atoms with Gasteiger partial charge in [0.15, 0.2) is 0 Å². The molecule has 0 aliphatic carbocycles. The largest absolute Gasteiger partial charge is 0.324 e. The minimum absolute atomic E-state index is 0.0227. The van der Waals surface area contributed by atoms with Crippen molar-refractivity contribution < 1.29 is 4.79 Å². The molecule has 1 heterocycles. The molecule has 17 heavy (non-hydrogen) atoms. The van der Waals surface area contributed by atoms with Gasteiger partial charge in [-0.05, 0) is 23.6 Å². The number of carbonyl (C=O) groups excluding carboxylic acids is 1. The molecule has 1 aromatic rings. The number of benzene rings is 1. The summed E-state index contributed by atoms with van der Waals surface area (Å²) in [4.78, 5) is 11.6. The highest BCUT2D eigenvalue weighted by Gasteiger charge is 2.33. The smallest absolute Gasteiger partial charge is 0.225 e. The topological polar surface area (TPSA) is 29.1 Å². The molecule has 0 aromatic heterocycles. The molecular weight excluding hydrogens is 257 g/mol. The van der Waals surface area contributed by atoms with E-state index in [9.17, 15) is 4.79 Å². The van der Waals surface area contributed by atoms with Gasteiger partial charge in [0.25, 0.3) is 0 Å².